The highest BCUT2D eigenvalue weighted by Gasteiger charge is 2.43. The van der Waals surface area contributed by atoms with Crippen LogP contribution in [0.2, 0.25) is 0 Å². The molecule has 0 aliphatic carbocycles. The van der Waals surface area contributed by atoms with Crippen LogP contribution in [-0.4, -0.2) is 21.8 Å². The monoisotopic (exact) mass is 315 g/mol. The van der Waals surface area contributed by atoms with Gasteiger partial charge in [-0.1, -0.05) is 44.9 Å². The molecule has 2 rings (SSSR count). The third kappa shape index (κ3) is 3.44. The maximum Gasteiger partial charge on any atom is 0.270 e. The Balaban J connectivity index is 2.05. The Labute approximate surface area is 129 Å². The number of nitrogens with zero attached hydrogens (tertiary/aromatic N) is 3. The average molecular weight is 315 g/mol. The molecule has 1 aromatic heterocycles. The topological polar surface area (TPSA) is 60.5 Å². The largest absolute Gasteiger partial charge is 0.382 e. The van der Waals surface area contributed by atoms with Gasteiger partial charge in [-0.25, -0.2) is 8.78 Å². The van der Waals surface area contributed by atoms with Crippen LogP contribution in [-0.2, 0) is 11.3 Å². The van der Waals surface area contributed by atoms with Gasteiger partial charge < -0.3 is 9.36 Å². The number of hydrogen-bond acceptors (Lipinski definition) is 5. The maximum atomic E-state index is 13.5. The molecule has 22 heavy (non-hydrogen) atoms. The molecule has 0 amide bonds. The van der Waals surface area contributed by atoms with Gasteiger partial charge in [-0.2, -0.15) is 4.98 Å². The van der Waals surface area contributed by atoms with Crippen molar-refractivity contribution in [2.24, 2.45) is 16.0 Å². The first-order valence-corrected chi connectivity index (χ1v) is 7.33. The van der Waals surface area contributed by atoms with Crippen molar-refractivity contribution < 1.29 is 18.1 Å². The Bertz CT molecular complexity index is 568. The number of halogens is 2. The van der Waals surface area contributed by atoms with Crippen molar-refractivity contribution in [3.8, 4) is 0 Å². The second-order valence-corrected chi connectivity index (χ2v) is 7.58. The van der Waals surface area contributed by atoms with Crippen LogP contribution in [0, 0.1) is 10.8 Å². The van der Waals surface area contributed by atoms with Crippen LogP contribution in [0.15, 0.2) is 9.68 Å². The van der Waals surface area contributed by atoms with Crippen molar-refractivity contribution >= 4 is 5.71 Å². The smallest absolute Gasteiger partial charge is 0.270 e. The molecule has 0 spiro atoms. The quantitative estimate of drug-likeness (QED) is 0.837. The van der Waals surface area contributed by atoms with Crippen molar-refractivity contribution in [3.63, 3.8) is 0 Å². The molecule has 5 nitrogen and oxygen atoms in total. The van der Waals surface area contributed by atoms with Gasteiger partial charge >= 0.3 is 0 Å². The fourth-order valence-corrected chi connectivity index (χ4v) is 1.97. The molecule has 0 saturated heterocycles. The van der Waals surface area contributed by atoms with E-state index in [0.717, 1.165) is 12.6 Å². The lowest BCUT2D eigenvalue weighted by Crippen LogP contribution is -2.35. The predicted octanol–water partition coefficient (Wildman–Crippen LogP) is 4.16. The summed E-state index contributed by atoms with van der Waals surface area (Å²) in [4.78, 5) is 9.53. The van der Waals surface area contributed by atoms with Gasteiger partial charge in [-0.05, 0) is 6.92 Å². The molecule has 1 atom stereocenters. The Kier molecular flexibility index (Phi) is 4.04. The molecule has 0 fully saturated rings. The summed E-state index contributed by atoms with van der Waals surface area (Å²) in [6.07, 6.45) is 0.166. The van der Waals surface area contributed by atoms with E-state index in [1.165, 1.54) is 13.8 Å². The molecule has 1 aromatic rings. The summed E-state index contributed by atoms with van der Waals surface area (Å²) in [6.45, 7) is 10.00. The minimum Gasteiger partial charge on any atom is -0.382 e. The van der Waals surface area contributed by atoms with Crippen LogP contribution in [0.4, 0.5) is 8.78 Å². The lowest BCUT2D eigenvalue weighted by atomic mass is 9.83. The zero-order valence-electron chi connectivity index (χ0n) is 13.9. The van der Waals surface area contributed by atoms with Crippen LogP contribution in [0.25, 0.3) is 0 Å². The SMILES string of the molecule is CC(C)(C)C1=NOC(c2nc(CC(C)(C)C(C)(F)F)no2)C1. The molecule has 124 valence electrons. The molecule has 7 heteroatoms. The molecule has 0 bridgehead atoms. The number of oxime groups is 1. The van der Waals surface area contributed by atoms with Crippen molar-refractivity contribution in [2.45, 2.75) is 66.4 Å². The number of rotatable bonds is 4. The van der Waals surface area contributed by atoms with E-state index < -0.39 is 17.4 Å². The molecular weight excluding hydrogens is 292 g/mol. The molecule has 0 N–H and O–H groups in total. The van der Waals surface area contributed by atoms with E-state index in [1.54, 1.807) is 0 Å². The van der Waals surface area contributed by atoms with Gasteiger partial charge in [-0.15, -0.1) is 0 Å². The van der Waals surface area contributed by atoms with Gasteiger partial charge in [0.2, 0.25) is 6.10 Å². The second-order valence-electron chi connectivity index (χ2n) is 7.58. The van der Waals surface area contributed by atoms with Gasteiger partial charge in [0.1, 0.15) is 0 Å². The highest BCUT2D eigenvalue weighted by Crippen LogP contribution is 2.38. The van der Waals surface area contributed by atoms with Crippen LogP contribution >= 0.6 is 0 Å². The molecule has 2 heterocycles. The molecule has 1 aliphatic heterocycles. The van der Waals surface area contributed by atoms with E-state index in [-0.39, 0.29) is 23.6 Å². The van der Waals surface area contributed by atoms with Crippen LogP contribution in [0.1, 0.15) is 65.8 Å². The highest BCUT2D eigenvalue weighted by molar-refractivity contribution is 5.90. The summed E-state index contributed by atoms with van der Waals surface area (Å²) in [7, 11) is 0. The van der Waals surface area contributed by atoms with Crippen LogP contribution in [0.3, 0.4) is 0 Å². The van der Waals surface area contributed by atoms with E-state index in [0.29, 0.717) is 6.42 Å². The maximum absolute atomic E-state index is 13.5. The first-order chi connectivity index (χ1) is 9.90. The Morgan fingerprint density at radius 3 is 2.27 bits per heavy atom. The average Bonchev–Trinajstić information content (AvgIpc) is 2.92. The standard InChI is InChI=1S/C15H23F2N3O2/c1-13(2,3)10-7-9(21-19-10)12-18-11(20-22-12)8-14(4,5)15(6,16)17/h9H,7-8H2,1-6H3. The summed E-state index contributed by atoms with van der Waals surface area (Å²) in [6, 6.07) is 0. The Hall–Kier alpha value is -1.53. The summed E-state index contributed by atoms with van der Waals surface area (Å²) >= 11 is 0. The van der Waals surface area contributed by atoms with Crippen LogP contribution in [0.5, 0.6) is 0 Å². The first kappa shape index (κ1) is 16.8. The number of aromatic nitrogens is 2. The van der Waals surface area contributed by atoms with Gasteiger partial charge in [0.25, 0.3) is 11.8 Å². The summed E-state index contributed by atoms with van der Waals surface area (Å²) < 4.78 is 32.3. The highest BCUT2D eigenvalue weighted by atomic mass is 19.3. The fraction of sp³-hybridized carbons (Fsp3) is 0.800. The lowest BCUT2D eigenvalue weighted by Gasteiger charge is -2.29. The van der Waals surface area contributed by atoms with Crippen molar-refractivity contribution in [2.75, 3.05) is 0 Å². The molecule has 0 radical (unpaired) electrons. The summed E-state index contributed by atoms with van der Waals surface area (Å²) in [5.74, 6) is -2.29. The summed E-state index contributed by atoms with van der Waals surface area (Å²) in [5, 5.41) is 7.85. The van der Waals surface area contributed by atoms with Crippen molar-refractivity contribution in [3.05, 3.63) is 11.7 Å². The number of hydrogen-bond donors (Lipinski definition) is 0. The first-order valence-electron chi connectivity index (χ1n) is 7.33. The van der Waals surface area contributed by atoms with E-state index in [2.05, 4.69) is 15.3 Å². The molecule has 0 saturated carbocycles. The van der Waals surface area contributed by atoms with E-state index >= 15 is 0 Å². The Morgan fingerprint density at radius 1 is 1.14 bits per heavy atom. The predicted molar refractivity (Wildman–Crippen MR) is 77.7 cm³/mol. The molecule has 1 aliphatic rings. The van der Waals surface area contributed by atoms with E-state index in [4.69, 9.17) is 9.36 Å². The lowest BCUT2D eigenvalue weighted by molar-refractivity contribution is -0.0889. The van der Waals surface area contributed by atoms with Gasteiger partial charge in [0.15, 0.2) is 5.82 Å². The summed E-state index contributed by atoms with van der Waals surface area (Å²) in [5.41, 5.74) is -0.431. The second kappa shape index (κ2) is 5.28. The number of alkyl halides is 2. The zero-order valence-corrected chi connectivity index (χ0v) is 13.9. The van der Waals surface area contributed by atoms with Gasteiger partial charge in [0.05, 0.1) is 5.71 Å². The normalized spacial score (nSPS) is 20.0. The van der Waals surface area contributed by atoms with Gasteiger partial charge in [0, 0.05) is 23.7 Å². The van der Waals surface area contributed by atoms with Gasteiger partial charge in [-0.3, -0.25) is 0 Å². The van der Waals surface area contributed by atoms with E-state index in [1.807, 2.05) is 20.8 Å². The van der Waals surface area contributed by atoms with E-state index in [9.17, 15) is 8.78 Å². The minimum atomic E-state index is -2.83. The van der Waals surface area contributed by atoms with Crippen LogP contribution < -0.4 is 0 Å². The fourth-order valence-electron chi connectivity index (χ4n) is 1.97. The minimum absolute atomic E-state index is 0.0275. The third-order valence-corrected chi connectivity index (χ3v) is 4.08. The zero-order chi connectivity index (χ0) is 16.8. The van der Waals surface area contributed by atoms with Crippen molar-refractivity contribution in [1.82, 2.24) is 10.1 Å². The molecule has 0 aromatic carbocycles. The molecule has 1 unspecified atom stereocenters. The Morgan fingerprint density at radius 2 is 1.77 bits per heavy atom. The molecular formula is C15H23F2N3O2. The van der Waals surface area contributed by atoms with Crippen molar-refractivity contribution in [1.29, 1.82) is 0 Å². The third-order valence-electron chi connectivity index (χ3n) is 4.08.